The predicted molar refractivity (Wildman–Crippen MR) is 54.7 cm³/mol. The summed E-state index contributed by atoms with van der Waals surface area (Å²) in [5.74, 6) is -0.408. The lowest BCUT2D eigenvalue weighted by Gasteiger charge is -1.96. The molecule has 0 amide bonds. The van der Waals surface area contributed by atoms with Gasteiger partial charge in [0, 0.05) is 17.6 Å². The molecule has 0 fully saturated rings. The summed E-state index contributed by atoms with van der Waals surface area (Å²) in [5, 5.41) is 0.964. The number of nitrogens with zero attached hydrogens (tertiary/aromatic N) is 1. The van der Waals surface area contributed by atoms with Gasteiger partial charge in [0.2, 0.25) is 5.95 Å². The molecule has 0 atom stereocenters. The van der Waals surface area contributed by atoms with Gasteiger partial charge >= 0.3 is 0 Å². The van der Waals surface area contributed by atoms with E-state index in [-0.39, 0.29) is 0 Å². The third kappa shape index (κ3) is 1.62. The van der Waals surface area contributed by atoms with Crippen LogP contribution in [0.3, 0.4) is 0 Å². The van der Waals surface area contributed by atoms with E-state index in [2.05, 4.69) is 16.9 Å². The number of hydrogen-bond donors (Lipinski definition) is 1. The molecule has 0 unspecified atom stereocenters. The van der Waals surface area contributed by atoms with Gasteiger partial charge in [-0.2, -0.15) is 4.39 Å². The molecule has 2 nitrogen and oxygen atoms in total. The number of aromatic nitrogens is 2. The third-order valence-electron chi connectivity index (χ3n) is 2.42. The number of unbranched alkanes of at least 4 members (excludes halogenated alkanes) is 1. The number of aryl methyl sites for hydroxylation is 1. The lowest BCUT2D eigenvalue weighted by Crippen LogP contribution is -1.84. The van der Waals surface area contributed by atoms with Gasteiger partial charge in [-0.25, -0.2) is 4.98 Å². The maximum absolute atomic E-state index is 12.9. The predicted octanol–water partition coefficient (Wildman–Crippen LogP) is 3.04. The zero-order valence-electron chi connectivity index (χ0n) is 8.18. The Kier molecular flexibility index (Phi) is 2.48. The standard InChI is InChI=1S/C11H13FN2/c1-2-3-4-8-6-13-10-7-14-11(12)5-9(8)10/h5-7,13H,2-4H2,1H3. The molecule has 74 valence electrons. The number of pyridine rings is 1. The van der Waals surface area contributed by atoms with Crippen molar-refractivity contribution >= 4 is 10.9 Å². The van der Waals surface area contributed by atoms with Crippen molar-refractivity contribution in [1.29, 1.82) is 0 Å². The van der Waals surface area contributed by atoms with Crippen LogP contribution in [0.4, 0.5) is 4.39 Å². The molecular formula is C11H13FN2. The van der Waals surface area contributed by atoms with Crippen LogP contribution in [0.1, 0.15) is 25.3 Å². The first-order valence-electron chi connectivity index (χ1n) is 4.92. The Bertz CT molecular complexity index is 434. The van der Waals surface area contributed by atoms with Gasteiger partial charge in [-0.3, -0.25) is 0 Å². The van der Waals surface area contributed by atoms with Crippen molar-refractivity contribution in [2.45, 2.75) is 26.2 Å². The van der Waals surface area contributed by atoms with Crippen molar-refractivity contribution in [2.24, 2.45) is 0 Å². The van der Waals surface area contributed by atoms with Gasteiger partial charge in [0.1, 0.15) is 0 Å². The first-order chi connectivity index (χ1) is 6.81. The maximum Gasteiger partial charge on any atom is 0.213 e. The zero-order valence-corrected chi connectivity index (χ0v) is 8.18. The number of aromatic amines is 1. The number of fused-ring (bicyclic) bond motifs is 1. The second-order valence-corrected chi connectivity index (χ2v) is 3.47. The molecule has 0 spiro atoms. The van der Waals surface area contributed by atoms with E-state index in [9.17, 15) is 4.39 Å². The highest BCUT2D eigenvalue weighted by atomic mass is 19.1. The van der Waals surface area contributed by atoms with Crippen LogP contribution in [-0.4, -0.2) is 9.97 Å². The SMILES string of the molecule is CCCCc1c[nH]c2cnc(F)cc12. The number of nitrogens with one attached hydrogen (secondary N) is 1. The van der Waals surface area contributed by atoms with Gasteiger partial charge in [-0.1, -0.05) is 13.3 Å². The van der Waals surface area contributed by atoms with E-state index in [1.54, 1.807) is 6.20 Å². The van der Waals surface area contributed by atoms with Crippen molar-refractivity contribution in [2.75, 3.05) is 0 Å². The summed E-state index contributed by atoms with van der Waals surface area (Å²) in [7, 11) is 0. The minimum absolute atomic E-state index is 0.408. The summed E-state index contributed by atoms with van der Waals surface area (Å²) in [4.78, 5) is 6.70. The quantitative estimate of drug-likeness (QED) is 0.744. The molecule has 1 N–H and O–H groups in total. The highest BCUT2D eigenvalue weighted by Crippen LogP contribution is 2.19. The normalized spacial score (nSPS) is 11.0. The summed E-state index contributed by atoms with van der Waals surface area (Å²) < 4.78 is 12.9. The fourth-order valence-corrected chi connectivity index (χ4v) is 1.63. The number of rotatable bonds is 3. The largest absolute Gasteiger partial charge is 0.360 e. The number of hydrogen-bond acceptors (Lipinski definition) is 1. The molecular weight excluding hydrogens is 179 g/mol. The van der Waals surface area contributed by atoms with E-state index >= 15 is 0 Å². The topological polar surface area (TPSA) is 28.7 Å². The van der Waals surface area contributed by atoms with Gasteiger partial charge < -0.3 is 4.98 Å². The smallest absolute Gasteiger partial charge is 0.213 e. The van der Waals surface area contributed by atoms with Crippen LogP contribution in [0.15, 0.2) is 18.5 Å². The Hall–Kier alpha value is -1.38. The summed E-state index contributed by atoms with van der Waals surface area (Å²) in [6.07, 6.45) is 6.78. The first kappa shape index (κ1) is 9.19. The molecule has 0 aromatic carbocycles. The van der Waals surface area contributed by atoms with E-state index in [1.165, 1.54) is 11.6 Å². The monoisotopic (exact) mass is 192 g/mol. The van der Waals surface area contributed by atoms with Crippen molar-refractivity contribution in [3.8, 4) is 0 Å². The summed E-state index contributed by atoms with van der Waals surface area (Å²) in [5.41, 5.74) is 2.10. The number of halogens is 1. The lowest BCUT2D eigenvalue weighted by atomic mass is 10.1. The lowest BCUT2D eigenvalue weighted by molar-refractivity contribution is 0.586. The Balaban J connectivity index is 2.40. The average molecular weight is 192 g/mol. The molecule has 14 heavy (non-hydrogen) atoms. The van der Waals surface area contributed by atoms with Crippen LogP contribution < -0.4 is 0 Å². The van der Waals surface area contributed by atoms with Gasteiger partial charge in [0.15, 0.2) is 0 Å². The molecule has 2 aromatic heterocycles. The zero-order chi connectivity index (χ0) is 9.97. The van der Waals surface area contributed by atoms with Crippen LogP contribution in [0.5, 0.6) is 0 Å². The van der Waals surface area contributed by atoms with Crippen LogP contribution in [0, 0.1) is 5.95 Å². The molecule has 3 heteroatoms. The second kappa shape index (κ2) is 3.78. The first-order valence-corrected chi connectivity index (χ1v) is 4.92. The molecule has 0 aliphatic heterocycles. The Labute approximate surface area is 82.2 Å². The number of H-pyrrole nitrogens is 1. The van der Waals surface area contributed by atoms with E-state index < -0.39 is 5.95 Å². The van der Waals surface area contributed by atoms with Gasteiger partial charge in [0.05, 0.1) is 11.7 Å². The Morgan fingerprint density at radius 2 is 2.36 bits per heavy atom. The molecule has 0 saturated heterocycles. The van der Waals surface area contributed by atoms with Gasteiger partial charge in [-0.05, 0) is 18.4 Å². The molecule has 0 bridgehead atoms. The molecule has 2 heterocycles. The summed E-state index contributed by atoms with van der Waals surface area (Å²) >= 11 is 0. The Morgan fingerprint density at radius 1 is 1.50 bits per heavy atom. The maximum atomic E-state index is 12.9. The van der Waals surface area contributed by atoms with Crippen molar-refractivity contribution in [1.82, 2.24) is 9.97 Å². The van der Waals surface area contributed by atoms with Crippen LogP contribution in [0.25, 0.3) is 10.9 Å². The molecule has 2 aromatic rings. The van der Waals surface area contributed by atoms with Gasteiger partial charge in [0.25, 0.3) is 0 Å². The van der Waals surface area contributed by atoms with Gasteiger partial charge in [-0.15, -0.1) is 0 Å². The van der Waals surface area contributed by atoms with E-state index in [4.69, 9.17) is 0 Å². The van der Waals surface area contributed by atoms with Crippen LogP contribution in [0.2, 0.25) is 0 Å². The van der Waals surface area contributed by atoms with E-state index in [0.717, 1.165) is 30.2 Å². The highest BCUT2D eigenvalue weighted by molar-refractivity contribution is 5.82. The van der Waals surface area contributed by atoms with Crippen LogP contribution >= 0.6 is 0 Å². The average Bonchev–Trinajstić information content (AvgIpc) is 2.57. The molecule has 0 saturated carbocycles. The minimum Gasteiger partial charge on any atom is -0.360 e. The highest BCUT2D eigenvalue weighted by Gasteiger charge is 2.04. The molecule has 0 aliphatic carbocycles. The second-order valence-electron chi connectivity index (χ2n) is 3.47. The molecule has 0 radical (unpaired) electrons. The third-order valence-corrected chi connectivity index (χ3v) is 2.42. The van der Waals surface area contributed by atoms with Crippen molar-refractivity contribution < 1.29 is 4.39 Å². The van der Waals surface area contributed by atoms with Crippen molar-refractivity contribution in [3.05, 3.63) is 30.0 Å². The van der Waals surface area contributed by atoms with E-state index in [0.29, 0.717) is 0 Å². The minimum atomic E-state index is -0.408. The molecule has 2 rings (SSSR count). The van der Waals surface area contributed by atoms with Crippen molar-refractivity contribution in [3.63, 3.8) is 0 Å². The summed E-state index contributed by atoms with van der Waals surface area (Å²) in [6, 6.07) is 1.50. The Morgan fingerprint density at radius 3 is 3.14 bits per heavy atom. The van der Waals surface area contributed by atoms with Crippen LogP contribution in [-0.2, 0) is 6.42 Å². The molecule has 0 aliphatic rings. The summed E-state index contributed by atoms with van der Waals surface area (Å²) in [6.45, 7) is 2.15. The fraction of sp³-hybridized carbons (Fsp3) is 0.364. The fourth-order valence-electron chi connectivity index (χ4n) is 1.63. The van der Waals surface area contributed by atoms with E-state index in [1.807, 2.05) is 6.20 Å².